The van der Waals surface area contributed by atoms with Gasteiger partial charge in [-0.1, -0.05) is 54.7 Å². The summed E-state index contributed by atoms with van der Waals surface area (Å²) in [6, 6.07) is 10.3. The Morgan fingerprint density at radius 2 is 2.03 bits per heavy atom. The molecule has 2 nitrogen and oxygen atoms in total. The standard InChI is InChI=1S/C26H32O2S/c1-18-8-4-2-3-5-10-21-19(13-12-18)16-24(28)22(21)14-15-23(27)26-17-20-9-6-7-11-25(20)29-26/h3,5-7,9,11,14-15,17,19,21-24,27-28H,1-2,4,8,10,12-13,16H2. The smallest absolute Gasteiger partial charge is 0.106 e. The molecule has 2 aliphatic carbocycles. The van der Waals surface area contributed by atoms with Crippen LogP contribution in [0.2, 0.25) is 0 Å². The van der Waals surface area contributed by atoms with Gasteiger partial charge in [0.25, 0.3) is 0 Å². The van der Waals surface area contributed by atoms with Crippen molar-refractivity contribution in [1.29, 1.82) is 0 Å². The Morgan fingerprint density at radius 3 is 2.90 bits per heavy atom. The lowest BCUT2D eigenvalue weighted by atomic mass is 9.83. The number of fused-ring (bicyclic) bond motifs is 2. The van der Waals surface area contributed by atoms with Crippen LogP contribution in [0, 0.1) is 17.8 Å². The lowest BCUT2D eigenvalue weighted by molar-refractivity contribution is 0.140. The highest BCUT2D eigenvalue weighted by atomic mass is 32.1. The van der Waals surface area contributed by atoms with Crippen LogP contribution in [0.15, 0.2) is 66.8 Å². The lowest BCUT2D eigenvalue weighted by Crippen LogP contribution is -2.18. The highest BCUT2D eigenvalue weighted by molar-refractivity contribution is 7.19. The topological polar surface area (TPSA) is 40.5 Å². The summed E-state index contributed by atoms with van der Waals surface area (Å²) in [6.45, 7) is 4.25. The summed E-state index contributed by atoms with van der Waals surface area (Å²) >= 11 is 1.64. The largest absolute Gasteiger partial charge is 0.392 e. The van der Waals surface area contributed by atoms with Gasteiger partial charge in [-0.2, -0.15) is 0 Å². The van der Waals surface area contributed by atoms with Crippen LogP contribution in [-0.4, -0.2) is 16.3 Å². The van der Waals surface area contributed by atoms with Crippen LogP contribution in [0.1, 0.15) is 55.9 Å². The zero-order valence-corrected chi connectivity index (χ0v) is 17.9. The number of allylic oxidation sites excluding steroid dienone is 3. The first kappa shape index (κ1) is 20.6. The van der Waals surface area contributed by atoms with Crippen LogP contribution in [0.4, 0.5) is 0 Å². The van der Waals surface area contributed by atoms with Gasteiger partial charge in [0.15, 0.2) is 0 Å². The summed E-state index contributed by atoms with van der Waals surface area (Å²) < 4.78 is 1.20. The van der Waals surface area contributed by atoms with Crippen LogP contribution in [-0.2, 0) is 0 Å². The van der Waals surface area contributed by atoms with Crippen LogP contribution >= 0.6 is 11.3 Å². The quantitative estimate of drug-likeness (QED) is 0.564. The van der Waals surface area contributed by atoms with Crippen LogP contribution in [0.5, 0.6) is 0 Å². The van der Waals surface area contributed by atoms with E-state index in [4.69, 9.17) is 0 Å². The molecule has 2 aromatic rings. The number of rotatable bonds is 3. The van der Waals surface area contributed by atoms with Crippen LogP contribution in [0.3, 0.4) is 0 Å². The average molecular weight is 409 g/mol. The molecule has 0 bridgehead atoms. The van der Waals surface area contributed by atoms with E-state index in [2.05, 4.69) is 43.0 Å². The minimum Gasteiger partial charge on any atom is -0.392 e. The Kier molecular flexibility index (Phi) is 6.69. The fourth-order valence-electron chi connectivity index (χ4n) is 5.03. The molecule has 0 aliphatic heterocycles. The monoisotopic (exact) mass is 408 g/mol. The predicted molar refractivity (Wildman–Crippen MR) is 123 cm³/mol. The normalized spacial score (nSPS) is 29.8. The van der Waals surface area contributed by atoms with Gasteiger partial charge in [-0.15, -0.1) is 11.3 Å². The van der Waals surface area contributed by atoms with Crippen molar-refractivity contribution in [3.63, 3.8) is 0 Å². The minimum atomic E-state index is -0.614. The molecule has 4 rings (SSSR count). The molecule has 2 N–H and O–H groups in total. The molecule has 0 amide bonds. The number of thiophene rings is 1. The van der Waals surface area contributed by atoms with Crippen molar-refractivity contribution in [1.82, 2.24) is 0 Å². The van der Waals surface area contributed by atoms with E-state index in [9.17, 15) is 10.2 Å². The van der Waals surface area contributed by atoms with Gasteiger partial charge in [0, 0.05) is 15.5 Å². The van der Waals surface area contributed by atoms with Crippen molar-refractivity contribution >= 4 is 21.4 Å². The third-order valence-electron chi connectivity index (χ3n) is 6.68. The van der Waals surface area contributed by atoms with Gasteiger partial charge in [-0.25, -0.2) is 0 Å². The Hall–Kier alpha value is -1.68. The first-order chi connectivity index (χ1) is 14.1. The van der Waals surface area contributed by atoms with Crippen molar-refractivity contribution in [3.05, 3.63) is 71.7 Å². The second-order valence-corrected chi connectivity index (χ2v) is 9.82. The van der Waals surface area contributed by atoms with E-state index in [-0.39, 0.29) is 12.0 Å². The SMILES string of the molecule is C=C1CCCC=CCC2C(CC1)CC(O)C2C=CC(O)c1cc2ccccc2s1. The summed E-state index contributed by atoms with van der Waals surface area (Å²) in [5.74, 6) is 1.08. The van der Waals surface area contributed by atoms with Crippen molar-refractivity contribution in [2.45, 2.75) is 57.2 Å². The first-order valence-corrected chi connectivity index (χ1v) is 11.8. The second-order valence-electron chi connectivity index (χ2n) is 8.71. The van der Waals surface area contributed by atoms with Gasteiger partial charge in [0.1, 0.15) is 6.10 Å². The van der Waals surface area contributed by atoms with E-state index < -0.39 is 6.10 Å². The highest BCUT2D eigenvalue weighted by Crippen LogP contribution is 2.44. The van der Waals surface area contributed by atoms with Gasteiger partial charge >= 0.3 is 0 Å². The number of aliphatic hydroxyl groups is 2. The molecule has 2 aliphatic rings. The van der Waals surface area contributed by atoms with E-state index in [0.717, 1.165) is 43.4 Å². The summed E-state index contributed by atoms with van der Waals surface area (Å²) in [4.78, 5) is 0.963. The molecule has 154 valence electrons. The lowest BCUT2D eigenvalue weighted by Gasteiger charge is -2.23. The Balaban J connectivity index is 1.49. The molecule has 5 unspecified atom stereocenters. The fraction of sp³-hybridized carbons (Fsp3) is 0.462. The molecule has 0 saturated heterocycles. The predicted octanol–water partition coefficient (Wildman–Crippen LogP) is 6.57. The van der Waals surface area contributed by atoms with Gasteiger partial charge < -0.3 is 10.2 Å². The summed E-state index contributed by atoms with van der Waals surface area (Å²) in [5.41, 5.74) is 1.35. The average Bonchev–Trinajstić information content (AvgIpc) is 3.27. The Labute approximate surface area is 178 Å². The molecule has 29 heavy (non-hydrogen) atoms. The van der Waals surface area contributed by atoms with Crippen molar-refractivity contribution in [2.75, 3.05) is 0 Å². The van der Waals surface area contributed by atoms with Gasteiger partial charge in [-0.3, -0.25) is 0 Å². The molecular weight excluding hydrogens is 376 g/mol. The Bertz CT molecular complexity index is 860. The minimum absolute atomic E-state index is 0.114. The number of benzene rings is 1. The zero-order valence-electron chi connectivity index (χ0n) is 17.0. The second kappa shape index (κ2) is 9.42. The van der Waals surface area contributed by atoms with E-state index in [0.29, 0.717) is 11.8 Å². The number of hydrogen-bond acceptors (Lipinski definition) is 3. The molecule has 1 fully saturated rings. The number of aliphatic hydroxyl groups excluding tert-OH is 2. The maximum Gasteiger partial charge on any atom is 0.106 e. The summed E-state index contributed by atoms with van der Waals surface area (Å²) in [7, 11) is 0. The van der Waals surface area contributed by atoms with Crippen molar-refractivity contribution < 1.29 is 10.2 Å². The van der Waals surface area contributed by atoms with Crippen LogP contribution < -0.4 is 0 Å². The van der Waals surface area contributed by atoms with Gasteiger partial charge in [0.05, 0.1) is 6.10 Å². The molecule has 3 heteroatoms. The molecule has 1 heterocycles. The molecule has 0 radical (unpaired) electrons. The molecular formula is C26H32O2S. The van der Waals surface area contributed by atoms with Crippen molar-refractivity contribution in [3.8, 4) is 0 Å². The molecule has 1 aromatic carbocycles. The third kappa shape index (κ3) is 4.91. The van der Waals surface area contributed by atoms with Gasteiger partial charge in [-0.05, 0) is 74.3 Å². The maximum atomic E-state index is 10.8. The summed E-state index contributed by atoms with van der Waals surface area (Å²) in [6.07, 6.45) is 15.2. The molecule has 1 saturated carbocycles. The fourth-order valence-corrected chi connectivity index (χ4v) is 6.06. The van der Waals surface area contributed by atoms with E-state index in [1.54, 1.807) is 11.3 Å². The highest BCUT2D eigenvalue weighted by Gasteiger charge is 2.40. The Morgan fingerprint density at radius 1 is 1.17 bits per heavy atom. The van der Waals surface area contributed by atoms with E-state index >= 15 is 0 Å². The zero-order chi connectivity index (χ0) is 20.2. The molecule has 5 atom stereocenters. The van der Waals surface area contributed by atoms with E-state index in [1.807, 2.05) is 18.2 Å². The maximum absolute atomic E-state index is 10.8. The molecule has 1 aromatic heterocycles. The van der Waals surface area contributed by atoms with E-state index in [1.165, 1.54) is 22.1 Å². The van der Waals surface area contributed by atoms with Crippen LogP contribution in [0.25, 0.3) is 10.1 Å². The van der Waals surface area contributed by atoms with Gasteiger partial charge in [0.2, 0.25) is 0 Å². The van der Waals surface area contributed by atoms with Crippen molar-refractivity contribution in [2.24, 2.45) is 17.8 Å². The first-order valence-electron chi connectivity index (χ1n) is 11.0. The summed E-state index contributed by atoms with van der Waals surface area (Å²) in [5, 5.41) is 22.7. The molecule has 0 spiro atoms. The third-order valence-corrected chi connectivity index (χ3v) is 7.87. The number of hydrogen-bond donors (Lipinski definition) is 2.